The van der Waals surface area contributed by atoms with Crippen molar-refractivity contribution in [3.05, 3.63) is 28.3 Å². The van der Waals surface area contributed by atoms with E-state index in [0.29, 0.717) is 0 Å². The molecular formula is C8H10N2O5S. The minimum atomic E-state index is -3.69. The molecule has 0 aliphatic rings. The van der Waals surface area contributed by atoms with Gasteiger partial charge in [-0.2, -0.15) is 0 Å². The summed E-state index contributed by atoms with van der Waals surface area (Å²) in [5.74, 6) is 0.0139. The molecule has 0 saturated heterocycles. The maximum atomic E-state index is 11.4. The Morgan fingerprint density at radius 2 is 2.06 bits per heavy atom. The van der Waals surface area contributed by atoms with Crippen LogP contribution in [0.2, 0.25) is 0 Å². The molecule has 7 nitrogen and oxygen atoms in total. The smallest absolute Gasteiger partial charge is 0.312 e. The Kier molecular flexibility index (Phi) is 3.45. The summed E-state index contributed by atoms with van der Waals surface area (Å²) >= 11 is 0. The first-order chi connectivity index (χ1) is 7.42. The molecule has 0 aliphatic carbocycles. The number of nitro groups is 1. The van der Waals surface area contributed by atoms with E-state index < -0.39 is 14.9 Å². The lowest BCUT2D eigenvalue weighted by Gasteiger charge is -2.05. The number of sulfonamides is 1. The van der Waals surface area contributed by atoms with Crippen LogP contribution < -0.4 is 9.46 Å². The number of rotatable bonds is 4. The van der Waals surface area contributed by atoms with Crippen LogP contribution in [0.15, 0.2) is 23.1 Å². The highest BCUT2D eigenvalue weighted by atomic mass is 32.2. The average Bonchev–Trinajstić information content (AvgIpc) is 2.28. The van der Waals surface area contributed by atoms with Gasteiger partial charge in [-0.25, -0.2) is 13.1 Å². The predicted octanol–water partition coefficient (Wildman–Crippen LogP) is 0.511. The fourth-order valence-corrected chi connectivity index (χ4v) is 1.85. The third kappa shape index (κ3) is 2.28. The zero-order valence-corrected chi connectivity index (χ0v) is 9.45. The van der Waals surface area contributed by atoms with Crippen LogP contribution in [-0.2, 0) is 10.0 Å². The van der Waals surface area contributed by atoms with E-state index in [-0.39, 0.29) is 16.3 Å². The van der Waals surface area contributed by atoms with Crippen molar-refractivity contribution in [3.63, 3.8) is 0 Å². The number of hydrogen-bond acceptors (Lipinski definition) is 5. The van der Waals surface area contributed by atoms with Gasteiger partial charge in [0.2, 0.25) is 10.0 Å². The first-order valence-electron chi connectivity index (χ1n) is 4.18. The Morgan fingerprint density at radius 1 is 1.44 bits per heavy atom. The number of nitrogens with zero attached hydrogens (tertiary/aromatic N) is 1. The van der Waals surface area contributed by atoms with Gasteiger partial charge in [-0.3, -0.25) is 10.1 Å². The van der Waals surface area contributed by atoms with Gasteiger partial charge in [0, 0.05) is 6.07 Å². The third-order valence-corrected chi connectivity index (χ3v) is 3.34. The summed E-state index contributed by atoms with van der Waals surface area (Å²) < 4.78 is 29.6. The Hall–Kier alpha value is -1.67. The highest BCUT2D eigenvalue weighted by molar-refractivity contribution is 7.89. The van der Waals surface area contributed by atoms with Crippen LogP contribution in [0.5, 0.6) is 5.75 Å². The fourth-order valence-electron chi connectivity index (χ4n) is 1.10. The first-order valence-corrected chi connectivity index (χ1v) is 5.66. The lowest BCUT2D eigenvalue weighted by Crippen LogP contribution is -2.18. The number of nitro benzene ring substituents is 1. The van der Waals surface area contributed by atoms with Crippen LogP contribution in [-0.4, -0.2) is 27.5 Å². The van der Waals surface area contributed by atoms with E-state index in [0.717, 1.165) is 6.07 Å². The summed E-state index contributed by atoms with van der Waals surface area (Å²) in [6.07, 6.45) is 0. The molecule has 0 fully saturated rings. The van der Waals surface area contributed by atoms with E-state index >= 15 is 0 Å². The lowest BCUT2D eigenvalue weighted by molar-refractivity contribution is -0.386. The molecule has 0 atom stereocenters. The van der Waals surface area contributed by atoms with Crippen LogP contribution in [0, 0.1) is 10.1 Å². The van der Waals surface area contributed by atoms with Crippen LogP contribution in [0.3, 0.4) is 0 Å². The predicted molar refractivity (Wildman–Crippen MR) is 55.9 cm³/mol. The van der Waals surface area contributed by atoms with Crippen molar-refractivity contribution in [2.24, 2.45) is 0 Å². The van der Waals surface area contributed by atoms with Gasteiger partial charge in [0.1, 0.15) is 0 Å². The molecule has 0 bridgehead atoms. The van der Waals surface area contributed by atoms with E-state index in [2.05, 4.69) is 4.72 Å². The maximum absolute atomic E-state index is 11.4. The minimum Gasteiger partial charge on any atom is -0.490 e. The molecule has 0 unspecified atom stereocenters. The molecule has 16 heavy (non-hydrogen) atoms. The van der Waals surface area contributed by atoms with Crippen molar-refractivity contribution >= 4 is 15.7 Å². The zero-order valence-electron chi connectivity index (χ0n) is 8.63. The molecule has 1 N–H and O–H groups in total. The summed E-state index contributed by atoms with van der Waals surface area (Å²) in [7, 11) is -1.19. The maximum Gasteiger partial charge on any atom is 0.312 e. The summed E-state index contributed by atoms with van der Waals surface area (Å²) in [6.45, 7) is 0. The molecule has 0 aromatic heterocycles. The SMILES string of the molecule is CNS(=O)(=O)c1ccc(OC)c([N+](=O)[O-])c1. The molecule has 8 heteroatoms. The zero-order chi connectivity index (χ0) is 12.3. The Labute approximate surface area is 92.2 Å². The summed E-state index contributed by atoms with van der Waals surface area (Å²) in [4.78, 5) is 9.78. The quantitative estimate of drug-likeness (QED) is 0.616. The van der Waals surface area contributed by atoms with E-state index in [1.165, 1.54) is 26.3 Å². The molecule has 88 valence electrons. The monoisotopic (exact) mass is 246 g/mol. The van der Waals surface area contributed by atoms with Crippen LogP contribution in [0.25, 0.3) is 0 Å². The van der Waals surface area contributed by atoms with Crippen molar-refractivity contribution < 1.29 is 18.1 Å². The topological polar surface area (TPSA) is 98.5 Å². The largest absolute Gasteiger partial charge is 0.490 e. The average molecular weight is 246 g/mol. The second-order valence-electron chi connectivity index (χ2n) is 2.80. The van der Waals surface area contributed by atoms with E-state index in [1.54, 1.807) is 0 Å². The van der Waals surface area contributed by atoms with Crippen molar-refractivity contribution in [2.45, 2.75) is 4.90 Å². The van der Waals surface area contributed by atoms with Gasteiger partial charge >= 0.3 is 5.69 Å². The molecule has 0 spiro atoms. The molecule has 1 rings (SSSR count). The molecule has 0 saturated carbocycles. The molecule has 1 aromatic carbocycles. The summed E-state index contributed by atoms with van der Waals surface area (Å²) in [5.41, 5.74) is -0.390. The van der Waals surface area contributed by atoms with Crippen molar-refractivity contribution in [1.29, 1.82) is 0 Å². The minimum absolute atomic E-state index is 0.0139. The fraction of sp³-hybridized carbons (Fsp3) is 0.250. The van der Waals surface area contributed by atoms with Gasteiger partial charge in [-0.05, 0) is 19.2 Å². The van der Waals surface area contributed by atoms with Gasteiger partial charge in [-0.15, -0.1) is 0 Å². The second-order valence-corrected chi connectivity index (χ2v) is 4.68. The molecule has 1 aromatic rings. The van der Waals surface area contributed by atoms with Gasteiger partial charge < -0.3 is 4.74 Å². The number of nitrogens with one attached hydrogen (secondary N) is 1. The van der Waals surface area contributed by atoms with E-state index in [1.807, 2.05) is 0 Å². The van der Waals surface area contributed by atoms with Gasteiger partial charge in [0.15, 0.2) is 5.75 Å². The molecule has 0 aliphatic heterocycles. The standard InChI is InChI=1S/C8H10N2O5S/c1-9-16(13,14)6-3-4-8(15-2)7(5-6)10(11)12/h3-5,9H,1-2H3. The molecule has 0 amide bonds. The van der Waals surface area contributed by atoms with Crippen LogP contribution >= 0.6 is 0 Å². The number of methoxy groups -OCH3 is 1. The van der Waals surface area contributed by atoms with Crippen LogP contribution in [0.4, 0.5) is 5.69 Å². The Bertz CT molecular complexity index is 511. The molecule has 0 radical (unpaired) electrons. The number of hydrogen-bond donors (Lipinski definition) is 1. The summed E-state index contributed by atoms with van der Waals surface area (Å²) in [6, 6.07) is 3.42. The van der Waals surface area contributed by atoms with Crippen LogP contribution in [0.1, 0.15) is 0 Å². The third-order valence-electron chi connectivity index (χ3n) is 1.93. The lowest BCUT2D eigenvalue weighted by atomic mass is 10.3. The Balaban J connectivity index is 3.39. The normalized spacial score (nSPS) is 11.1. The van der Waals surface area contributed by atoms with Crippen molar-refractivity contribution in [3.8, 4) is 5.75 Å². The van der Waals surface area contributed by atoms with Gasteiger partial charge in [0.25, 0.3) is 0 Å². The first kappa shape index (κ1) is 12.4. The number of ether oxygens (including phenoxy) is 1. The molecular weight excluding hydrogens is 236 g/mol. The second kappa shape index (κ2) is 4.45. The number of benzene rings is 1. The Morgan fingerprint density at radius 3 is 2.50 bits per heavy atom. The van der Waals surface area contributed by atoms with E-state index in [4.69, 9.17) is 4.74 Å². The van der Waals surface area contributed by atoms with Crippen molar-refractivity contribution in [2.75, 3.05) is 14.2 Å². The van der Waals surface area contributed by atoms with E-state index in [9.17, 15) is 18.5 Å². The highest BCUT2D eigenvalue weighted by Crippen LogP contribution is 2.28. The van der Waals surface area contributed by atoms with Gasteiger partial charge in [0.05, 0.1) is 16.9 Å². The molecule has 0 heterocycles. The van der Waals surface area contributed by atoms with Gasteiger partial charge in [-0.1, -0.05) is 0 Å². The summed E-state index contributed by atoms with van der Waals surface area (Å²) in [5, 5.41) is 10.7. The highest BCUT2D eigenvalue weighted by Gasteiger charge is 2.20. The van der Waals surface area contributed by atoms with Crippen molar-refractivity contribution in [1.82, 2.24) is 4.72 Å².